The monoisotopic (exact) mass is 238 g/mol. The van der Waals surface area contributed by atoms with E-state index in [4.69, 9.17) is 9.47 Å². The first kappa shape index (κ1) is 12.4. The van der Waals surface area contributed by atoms with Crippen LogP contribution in [0, 0.1) is 11.7 Å². The molecule has 94 valence electrons. The van der Waals surface area contributed by atoms with Crippen molar-refractivity contribution in [1.82, 2.24) is 0 Å². The molecule has 0 spiro atoms. The second kappa shape index (κ2) is 5.05. The van der Waals surface area contributed by atoms with Crippen LogP contribution >= 0.6 is 0 Å². The second-order valence-corrected chi connectivity index (χ2v) is 4.67. The molecule has 0 aliphatic carbocycles. The van der Waals surface area contributed by atoms with E-state index in [0.717, 1.165) is 17.7 Å². The molecule has 2 nitrogen and oxygen atoms in total. The zero-order valence-corrected chi connectivity index (χ0v) is 10.6. The molecule has 0 bridgehead atoms. The van der Waals surface area contributed by atoms with Crippen LogP contribution in [0.3, 0.4) is 0 Å². The van der Waals surface area contributed by atoms with Gasteiger partial charge in [-0.2, -0.15) is 0 Å². The highest BCUT2D eigenvalue weighted by Crippen LogP contribution is 2.33. The Labute approximate surface area is 102 Å². The van der Waals surface area contributed by atoms with Crippen LogP contribution in [-0.4, -0.2) is 18.8 Å². The molecule has 0 saturated carbocycles. The molecule has 3 atom stereocenters. The molecular formula is C14H19FO2. The number of epoxide rings is 1. The zero-order chi connectivity index (χ0) is 12.4. The summed E-state index contributed by atoms with van der Waals surface area (Å²) in [5.74, 6) is 0.973. The molecular weight excluding hydrogens is 219 g/mol. The van der Waals surface area contributed by atoms with Gasteiger partial charge < -0.3 is 9.47 Å². The van der Waals surface area contributed by atoms with Crippen molar-refractivity contribution in [3.05, 3.63) is 29.6 Å². The fourth-order valence-corrected chi connectivity index (χ4v) is 2.27. The minimum atomic E-state index is -0.208. The maximum atomic E-state index is 13.2. The lowest BCUT2D eigenvalue weighted by molar-refractivity contribution is 0.316. The van der Waals surface area contributed by atoms with Crippen LogP contribution in [0.25, 0.3) is 0 Å². The fourth-order valence-electron chi connectivity index (χ4n) is 2.27. The lowest BCUT2D eigenvalue weighted by atomic mass is 9.96. The summed E-state index contributed by atoms with van der Waals surface area (Å²) in [4.78, 5) is 0. The van der Waals surface area contributed by atoms with Crippen LogP contribution in [0.4, 0.5) is 4.39 Å². The number of hydrogen-bond acceptors (Lipinski definition) is 2. The predicted molar refractivity (Wildman–Crippen MR) is 64.8 cm³/mol. The number of ether oxygens (including phenoxy) is 2. The van der Waals surface area contributed by atoms with Gasteiger partial charge in [0.15, 0.2) is 0 Å². The normalized spacial score (nSPS) is 24.5. The number of hydrogen-bond donors (Lipinski definition) is 0. The Morgan fingerprint density at radius 3 is 2.76 bits per heavy atom. The highest BCUT2D eigenvalue weighted by molar-refractivity contribution is 5.34. The van der Waals surface area contributed by atoms with Gasteiger partial charge in [-0.25, -0.2) is 4.39 Å². The topological polar surface area (TPSA) is 21.8 Å². The van der Waals surface area contributed by atoms with E-state index in [-0.39, 0.29) is 5.82 Å². The van der Waals surface area contributed by atoms with Gasteiger partial charge in [0.05, 0.1) is 18.8 Å². The molecule has 17 heavy (non-hydrogen) atoms. The largest absolute Gasteiger partial charge is 0.494 e. The van der Waals surface area contributed by atoms with E-state index in [1.54, 1.807) is 12.1 Å². The SMILES string of the molecule is CCOc1ccc(F)cc1CC(C)C1OC1C. The van der Waals surface area contributed by atoms with E-state index in [9.17, 15) is 4.39 Å². The van der Waals surface area contributed by atoms with E-state index >= 15 is 0 Å². The minimum Gasteiger partial charge on any atom is -0.494 e. The summed E-state index contributed by atoms with van der Waals surface area (Å²) >= 11 is 0. The van der Waals surface area contributed by atoms with Gasteiger partial charge in [0.2, 0.25) is 0 Å². The molecule has 1 aromatic carbocycles. The fraction of sp³-hybridized carbons (Fsp3) is 0.571. The minimum absolute atomic E-state index is 0.208. The molecule has 1 saturated heterocycles. The molecule has 0 amide bonds. The van der Waals surface area contributed by atoms with Crippen LogP contribution in [-0.2, 0) is 11.2 Å². The maximum absolute atomic E-state index is 13.2. The number of benzene rings is 1. The predicted octanol–water partition coefficient (Wildman–Crippen LogP) is 3.19. The first-order chi connectivity index (χ1) is 8.11. The van der Waals surface area contributed by atoms with E-state index in [1.165, 1.54) is 6.07 Å². The lowest BCUT2D eigenvalue weighted by Crippen LogP contribution is -2.10. The van der Waals surface area contributed by atoms with Gasteiger partial charge in [0.25, 0.3) is 0 Å². The van der Waals surface area contributed by atoms with Crippen molar-refractivity contribution >= 4 is 0 Å². The van der Waals surface area contributed by atoms with Crippen molar-refractivity contribution in [2.75, 3.05) is 6.61 Å². The Morgan fingerprint density at radius 2 is 2.18 bits per heavy atom. The molecule has 1 aliphatic rings. The molecule has 1 heterocycles. The Bertz CT molecular complexity index is 392. The number of halogens is 1. The Morgan fingerprint density at radius 1 is 1.47 bits per heavy atom. The molecule has 0 radical (unpaired) electrons. The van der Waals surface area contributed by atoms with Crippen molar-refractivity contribution in [2.24, 2.45) is 5.92 Å². The van der Waals surface area contributed by atoms with Crippen molar-refractivity contribution in [1.29, 1.82) is 0 Å². The number of rotatable bonds is 5. The van der Waals surface area contributed by atoms with Gasteiger partial charge in [0, 0.05) is 0 Å². The first-order valence-electron chi connectivity index (χ1n) is 6.18. The van der Waals surface area contributed by atoms with Gasteiger partial charge in [-0.05, 0) is 49.9 Å². The molecule has 1 fully saturated rings. The summed E-state index contributed by atoms with van der Waals surface area (Å²) in [6.07, 6.45) is 1.45. The van der Waals surface area contributed by atoms with Gasteiger partial charge in [-0.15, -0.1) is 0 Å². The first-order valence-corrected chi connectivity index (χ1v) is 6.18. The molecule has 2 rings (SSSR count). The lowest BCUT2D eigenvalue weighted by Gasteiger charge is -2.13. The third-order valence-corrected chi connectivity index (χ3v) is 3.18. The summed E-state index contributed by atoms with van der Waals surface area (Å²) in [5.41, 5.74) is 0.932. The molecule has 3 unspecified atom stereocenters. The summed E-state index contributed by atoms with van der Waals surface area (Å²) in [5, 5.41) is 0. The van der Waals surface area contributed by atoms with Crippen molar-refractivity contribution in [3.63, 3.8) is 0 Å². The van der Waals surface area contributed by atoms with Crippen LogP contribution in [0.5, 0.6) is 5.75 Å². The van der Waals surface area contributed by atoms with Gasteiger partial charge in [-0.3, -0.25) is 0 Å². The molecule has 0 aromatic heterocycles. The standard InChI is InChI=1S/C14H19FO2/c1-4-16-13-6-5-12(15)8-11(13)7-9(2)14-10(3)17-14/h5-6,8-10,14H,4,7H2,1-3H3. The summed E-state index contributed by atoms with van der Waals surface area (Å²) in [7, 11) is 0. The quantitative estimate of drug-likeness (QED) is 0.735. The van der Waals surface area contributed by atoms with Crippen LogP contribution in [0.2, 0.25) is 0 Å². The van der Waals surface area contributed by atoms with Crippen molar-refractivity contribution in [3.8, 4) is 5.75 Å². The third-order valence-electron chi connectivity index (χ3n) is 3.18. The summed E-state index contributed by atoms with van der Waals surface area (Å²) in [6.45, 7) is 6.73. The average Bonchev–Trinajstić information content (AvgIpc) is 3.00. The van der Waals surface area contributed by atoms with Crippen LogP contribution < -0.4 is 4.74 Å². The van der Waals surface area contributed by atoms with E-state index in [0.29, 0.717) is 24.7 Å². The van der Waals surface area contributed by atoms with Gasteiger partial charge >= 0.3 is 0 Å². The van der Waals surface area contributed by atoms with E-state index < -0.39 is 0 Å². The molecule has 1 aliphatic heterocycles. The molecule has 3 heteroatoms. The molecule has 0 N–H and O–H groups in total. The van der Waals surface area contributed by atoms with E-state index in [2.05, 4.69) is 13.8 Å². The molecule has 1 aromatic rings. The average molecular weight is 238 g/mol. The smallest absolute Gasteiger partial charge is 0.123 e. The summed E-state index contributed by atoms with van der Waals surface area (Å²) < 4.78 is 24.2. The Kier molecular flexibility index (Phi) is 3.67. The Hall–Kier alpha value is -1.09. The van der Waals surface area contributed by atoms with Crippen molar-refractivity contribution < 1.29 is 13.9 Å². The summed E-state index contributed by atoms with van der Waals surface area (Å²) in [6, 6.07) is 4.71. The van der Waals surface area contributed by atoms with Crippen molar-refractivity contribution in [2.45, 2.75) is 39.4 Å². The van der Waals surface area contributed by atoms with Crippen LogP contribution in [0.1, 0.15) is 26.3 Å². The Balaban J connectivity index is 2.09. The maximum Gasteiger partial charge on any atom is 0.123 e. The highest BCUT2D eigenvalue weighted by Gasteiger charge is 2.38. The second-order valence-electron chi connectivity index (χ2n) is 4.67. The van der Waals surface area contributed by atoms with E-state index in [1.807, 2.05) is 6.92 Å². The third kappa shape index (κ3) is 2.97. The van der Waals surface area contributed by atoms with Gasteiger partial charge in [-0.1, -0.05) is 6.92 Å². The zero-order valence-electron chi connectivity index (χ0n) is 10.6. The highest BCUT2D eigenvalue weighted by atomic mass is 19.1. The van der Waals surface area contributed by atoms with Gasteiger partial charge in [0.1, 0.15) is 11.6 Å². The van der Waals surface area contributed by atoms with Crippen LogP contribution in [0.15, 0.2) is 18.2 Å².